The second-order valence-corrected chi connectivity index (χ2v) is 7.94. The fourth-order valence-electron chi connectivity index (χ4n) is 2.61. The minimum atomic E-state index is -0.897. The van der Waals surface area contributed by atoms with Crippen LogP contribution in [0.25, 0.3) is 0 Å². The lowest BCUT2D eigenvalue weighted by Crippen LogP contribution is -2.36. The number of carbonyl (C=O) groups excluding carboxylic acids is 2. The topological polar surface area (TPSA) is 85.3 Å². The maximum absolute atomic E-state index is 12.1. The van der Waals surface area contributed by atoms with Gasteiger partial charge in [-0.15, -0.1) is 0 Å². The summed E-state index contributed by atoms with van der Waals surface area (Å²) in [6.45, 7) is 5.42. The van der Waals surface area contributed by atoms with E-state index >= 15 is 0 Å². The molecule has 30 heavy (non-hydrogen) atoms. The molecule has 0 radical (unpaired) electrons. The Morgan fingerprint density at radius 3 is 2.10 bits per heavy atom. The lowest BCUT2D eigenvalue weighted by molar-refractivity contribution is -0.133. The zero-order valence-electron chi connectivity index (χ0n) is 18.0. The summed E-state index contributed by atoms with van der Waals surface area (Å²) in [5, 5.41) is 10.4. The molecule has 1 N–H and O–H groups in total. The molecule has 162 valence electrons. The van der Waals surface area contributed by atoms with Crippen molar-refractivity contribution in [1.29, 1.82) is 0 Å². The summed E-state index contributed by atoms with van der Waals surface area (Å²) < 4.78 is 15.7. The van der Waals surface area contributed by atoms with Crippen LogP contribution in [0.15, 0.2) is 48.5 Å². The van der Waals surface area contributed by atoms with E-state index in [2.05, 4.69) is 0 Å². The molecule has 0 bridgehead atoms. The molecule has 0 spiro atoms. The lowest BCUT2D eigenvalue weighted by Gasteiger charge is -2.26. The van der Waals surface area contributed by atoms with E-state index in [4.69, 9.17) is 14.2 Å². The molecule has 0 aromatic heterocycles. The normalized spacial score (nSPS) is 12.1. The predicted molar refractivity (Wildman–Crippen MR) is 113 cm³/mol. The number of nitrogens with zero attached hydrogens (tertiary/aromatic N) is 1. The predicted octanol–water partition coefficient (Wildman–Crippen LogP) is 3.74. The molecule has 0 aliphatic rings. The van der Waals surface area contributed by atoms with Gasteiger partial charge in [0.2, 0.25) is 0 Å². The Bertz CT molecular complexity index is 839. The molecule has 7 nitrogen and oxygen atoms in total. The highest BCUT2D eigenvalue weighted by Crippen LogP contribution is 2.20. The fraction of sp³-hybridized carbons (Fsp3) is 0.391. The second-order valence-electron chi connectivity index (χ2n) is 7.94. The first kappa shape index (κ1) is 23.2. The van der Waals surface area contributed by atoms with Crippen molar-refractivity contribution >= 4 is 12.1 Å². The Labute approximate surface area is 177 Å². The molecule has 0 fully saturated rings. The molecule has 2 aromatic rings. The number of aliphatic hydroxyl groups is 1. The Morgan fingerprint density at radius 2 is 1.57 bits per heavy atom. The van der Waals surface area contributed by atoms with E-state index in [1.807, 2.05) is 0 Å². The third kappa shape index (κ3) is 7.40. The monoisotopic (exact) mass is 415 g/mol. The number of likely N-dealkylation sites (N-methyl/N-ethyl adjacent to an activating group) is 1. The number of hydrogen-bond acceptors (Lipinski definition) is 6. The Kier molecular flexibility index (Phi) is 7.83. The molecule has 2 aromatic carbocycles. The van der Waals surface area contributed by atoms with E-state index in [0.29, 0.717) is 11.3 Å². The van der Waals surface area contributed by atoms with Gasteiger partial charge >= 0.3 is 12.1 Å². The summed E-state index contributed by atoms with van der Waals surface area (Å²) in [6.07, 6.45) is -1.27. The van der Waals surface area contributed by atoms with Crippen molar-refractivity contribution in [2.24, 2.45) is 0 Å². The molecule has 0 saturated heterocycles. The fourth-order valence-corrected chi connectivity index (χ4v) is 2.61. The molecule has 0 aliphatic carbocycles. The number of benzene rings is 2. The van der Waals surface area contributed by atoms with E-state index in [1.165, 1.54) is 4.90 Å². The molecule has 7 heteroatoms. The Hall–Kier alpha value is -3.06. The van der Waals surface area contributed by atoms with Crippen LogP contribution in [0.3, 0.4) is 0 Å². The van der Waals surface area contributed by atoms with Crippen molar-refractivity contribution in [3.63, 3.8) is 0 Å². The Balaban J connectivity index is 1.88. The van der Waals surface area contributed by atoms with Gasteiger partial charge in [0.1, 0.15) is 17.1 Å². The molecule has 1 amide bonds. The van der Waals surface area contributed by atoms with Gasteiger partial charge in [-0.2, -0.15) is 0 Å². The minimum Gasteiger partial charge on any atom is -0.497 e. The van der Waals surface area contributed by atoms with Gasteiger partial charge in [0, 0.05) is 7.05 Å². The molecule has 1 unspecified atom stereocenters. The summed E-state index contributed by atoms with van der Waals surface area (Å²) in [5.41, 5.74) is 0.812. The van der Waals surface area contributed by atoms with Crippen LogP contribution in [0.2, 0.25) is 0 Å². The molecule has 0 heterocycles. The maximum atomic E-state index is 12.1. The number of rotatable bonds is 7. The van der Waals surface area contributed by atoms with Gasteiger partial charge in [-0.1, -0.05) is 24.3 Å². The van der Waals surface area contributed by atoms with Crippen LogP contribution in [0.1, 0.15) is 38.0 Å². The third-order valence-corrected chi connectivity index (χ3v) is 4.16. The molecule has 0 saturated carbocycles. The van der Waals surface area contributed by atoms with E-state index in [0.717, 1.165) is 11.3 Å². The average Bonchev–Trinajstić information content (AvgIpc) is 2.67. The quantitative estimate of drug-likeness (QED) is 0.548. The van der Waals surface area contributed by atoms with Gasteiger partial charge in [0.15, 0.2) is 0 Å². The lowest BCUT2D eigenvalue weighted by atomic mass is 10.1. The third-order valence-electron chi connectivity index (χ3n) is 4.16. The van der Waals surface area contributed by atoms with Crippen molar-refractivity contribution in [2.75, 3.05) is 20.7 Å². The van der Waals surface area contributed by atoms with Crippen molar-refractivity contribution in [2.45, 2.75) is 38.9 Å². The number of amides is 1. The number of esters is 1. The number of methoxy groups -OCH3 is 1. The van der Waals surface area contributed by atoms with E-state index in [-0.39, 0.29) is 13.0 Å². The van der Waals surface area contributed by atoms with Crippen molar-refractivity contribution in [3.8, 4) is 11.5 Å². The zero-order chi connectivity index (χ0) is 22.3. The van der Waals surface area contributed by atoms with Gasteiger partial charge in [-0.05, 0) is 56.2 Å². The molecular formula is C23H29NO6. The number of ether oxygens (including phenoxy) is 3. The summed E-state index contributed by atoms with van der Waals surface area (Å²) in [7, 11) is 3.14. The Morgan fingerprint density at radius 1 is 1.00 bits per heavy atom. The van der Waals surface area contributed by atoms with Gasteiger partial charge < -0.3 is 24.2 Å². The van der Waals surface area contributed by atoms with E-state index in [1.54, 1.807) is 83.5 Å². The first-order valence-corrected chi connectivity index (χ1v) is 9.63. The van der Waals surface area contributed by atoms with Crippen LogP contribution in [-0.2, 0) is 16.0 Å². The largest absolute Gasteiger partial charge is 0.497 e. The minimum absolute atomic E-state index is 0.0749. The maximum Gasteiger partial charge on any atom is 0.410 e. The summed E-state index contributed by atoms with van der Waals surface area (Å²) >= 11 is 0. The molecule has 0 aliphatic heterocycles. The first-order valence-electron chi connectivity index (χ1n) is 9.63. The van der Waals surface area contributed by atoms with Crippen LogP contribution in [0.4, 0.5) is 4.79 Å². The van der Waals surface area contributed by atoms with Gasteiger partial charge in [0.25, 0.3) is 0 Å². The van der Waals surface area contributed by atoms with Crippen LogP contribution in [-0.4, -0.2) is 48.4 Å². The van der Waals surface area contributed by atoms with Crippen molar-refractivity contribution in [1.82, 2.24) is 4.90 Å². The van der Waals surface area contributed by atoms with E-state index < -0.39 is 23.8 Å². The summed E-state index contributed by atoms with van der Waals surface area (Å²) in [5.74, 6) is 0.710. The smallest absolute Gasteiger partial charge is 0.410 e. The molecular weight excluding hydrogens is 386 g/mol. The van der Waals surface area contributed by atoms with E-state index in [9.17, 15) is 14.7 Å². The summed E-state index contributed by atoms with van der Waals surface area (Å²) in [6, 6.07) is 13.7. The highest BCUT2D eigenvalue weighted by Gasteiger charge is 2.22. The highest BCUT2D eigenvalue weighted by atomic mass is 16.6. The van der Waals surface area contributed by atoms with Crippen LogP contribution in [0.5, 0.6) is 11.5 Å². The number of aliphatic hydroxyl groups excluding tert-OH is 1. The van der Waals surface area contributed by atoms with Crippen LogP contribution >= 0.6 is 0 Å². The SMILES string of the molecule is COc1ccc(CC(=O)Oc2ccc(C(O)CN(C)C(=O)OC(C)(C)C)cc2)cc1. The van der Waals surface area contributed by atoms with Gasteiger partial charge in [-0.25, -0.2) is 4.79 Å². The second kappa shape index (κ2) is 10.1. The zero-order valence-corrected chi connectivity index (χ0v) is 18.0. The first-order chi connectivity index (χ1) is 14.1. The highest BCUT2D eigenvalue weighted by molar-refractivity contribution is 5.75. The van der Waals surface area contributed by atoms with Gasteiger partial charge in [0.05, 0.1) is 26.2 Å². The van der Waals surface area contributed by atoms with Crippen LogP contribution in [0, 0.1) is 0 Å². The average molecular weight is 415 g/mol. The number of carbonyl (C=O) groups is 2. The van der Waals surface area contributed by atoms with Crippen LogP contribution < -0.4 is 9.47 Å². The standard InChI is InChI=1S/C23H29NO6/c1-23(2,3)30-22(27)24(4)15-20(25)17-8-12-19(13-9-17)29-21(26)14-16-6-10-18(28-5)11-7-16/h6-13,20,25H,14-15H2,1-5H3. The molecule has 1 atom stereocenters. The van der Waals surface area contributed by atoms with Gasteiger partial charge in [-0.3, -0.25) is 4.79 Å². The van der Waals surface area contributed by atoms with Crippen molar-refractivity contribution in [3.05, 3.63) is 59.7 Å². The van der Waals surface area contributed by atoms with Crippen molar-refractivity contribution < 1.29 is 28.9 Å². The number of hydrogen-bond donors (Lipinski definition) is 1. The summed E-state index contributed by atoms with van der Waals surface area (Å²) in [4.78, 5) is 25.5. The molecule has 2 rings (SSSR count).